The lowest BCUT2D eigenvalue weighted by atomic mass is 10.4. The number of hydrogen-bond donors (Lipinski definition) is 4. The average Bonchev–Trinajstić information content (AvgIpc) is 2.02. The van der Waals surface area contributed by atoms with Gasteiger partial charge >= 0.3 is 7.82 Å². The van der Waals surface area contributed by atoms with E-state index in [9.17, 15) is 4.57 Å². The van der Waals surface area contributed by atoms with Crippen LogP contribution in [-0.2, 0) is 19.0 Å². The van der Waals surface area contributed by atoms with Crippen LogP contribution in [0.4, 0.5) is 0 Å². The summed E-state index contributed by atoms with van der Waals surface area (Å²) in [6.45, 7) is -0.729. The van der Waals surface area contributed by atoms with Crippen LogP contribution in [-0.4, -0.2) is 39.5 Å². The molecule has 0 atom stereocenters. The maximum atomic E-state index is 9.66. The van der Waals surface area contributed by atoms with Crippen molar-refractivity contribution in [1.82, 2.24) is 0 Å². The molecule has 0 aromatic heterocycles. The molecule has 1 aliphatic rings. The summed E-state index contributed by atoms with van der Waals surface area (Å²) in [5.74, 6) is 0. The molecule has 0 amide bonds. The molecule has 12 heavy (non-hydrogen) atoms. The zero-order valence-corrected chi connectivity index (χ0v) is 6.76. The third-order valence-corrected chi connectivity index (χ3v) is 1.17. The Hall–Kier alpha value is -0.0500. The molecule has 0 aromatic carbocycles. The number of phosphoric acid groups is 1. The van der Waals surface area contributed by atoms with E-state index >= 15 is 0 Å². The number of rotatable bonds is 2. The first-order valence-electron chi connectivity index (χ1n) is 2.79. The summed E-state index contributed by atoms with van der Waals surface area (Å²) in [5.41, 5.74) is 0. The minimum absolute atomic E-state index is 0.365. The molecule has 74 valence electrons. The van der Waals surface area contributed by atoms with E-state index in [0.29, 0.717) is 0 Å². The SMILES string of the molecule is O=P1(O)OOO1.OCC(O)CO. The van der Waals surface area contributed by atoms with Gasteiger partial charge in [-0.2, -0.15) is 0 Å². The largest absolute Gasteiger partial charge is 0.531 e. The second-order valence-corrected chi connectivity index (χ2v) is 2.94. The molecule has 0 saturated carbocycles. The zero-order chi connectivity index (χ0) is 9.61. The van der Waals surface area contributed by atoms with Crippen LogP contribution >= 0.6 is 7.82 Å². The Morgan fingerprint density at radius 3 is 1.58 bits per heavy atom. The van der Waals surface area contributed by atoms with Gasteiger partial charge in [0.1, 0.15) is 6.10 Å². The van der Waals surface area contributed by atoms with Gasteiger partial charge in [0.15, 0.2) is 0 Å². The monoisotopic (exact) mass is 204 g/mol. The van der Waals surface area contributed by atoms with Gasteiger partial charge in [-0.3, -0.25) is 4.89 Å². The van der Waals surface area contributed by atoms with E-state index in [-0.39, 0.29) is 13.2 Å². The maximum Gasteiger partial charge on any atom is 0.531 e. The number of aliphatic hydroxyl groups is 3. The molecule has 4 N–H and O–H groups in total. The molecule has 1 heterocycles. The Bertz CT molecular complexity index is 146. The lowest BCUT2D eigenvalue weighted by Gasteiger charge is -2.13. The van der Waals surface area contributed by atoms with Gasteiger partial charge in [-0.05, 0) is 5.04 Å². The summed E-state index contributed by atoms with van der Waals surface area (Å²) >= 11 is 0. The van der Waals surface area contributed by atoms with E-state index < -0.39 is 13.9 Å². The van der Waals surface area contributed by atoms with Crippen LogP contribution in [0.15, 0.2) is 0 Å². The fraction of sp³-hybridized carbons (Fsp3) is 1.00. The van der Waals surface area contributed by atoms with Crippen LogP contribution in [0.25, 0.3) is 0 Å². The summed E-state index contributed by atoms with van der Waals surface area (Å²) in [7, 11) is -3.69. The van der Waals surface area contributed by atoms with Crippen molar-refractivity contribution < 1.29 is 39.2 Å². The summed E-state index contributed by atoms with van der Waals surface area (Å²) < 4.78 is 16.7. The van der Waals surface area contributed by atoms with Crippen molar-refractivity contribution in [3.8, 4) is 0 Å². The smallest absolute Gasteiger partial charge is 0.394 e. The second-order valence-electron chi connectivity index (χ2n) is 1.70. The van der Waals surface area contributed by atoms with Crippen molar-refractivity contribution in [2.45, 2.75) is 6.10 Å². The Kier molecular flexibility index (Phi) is 5.55. The van der Waals surface area contributed by atoms with Gasteiger partial charge in [0, 0.05) is 0 Å². The molecule has 1 aliphatic heterocycles. The Labute approximate surface area is 67.4 Å². The summed E-state index contributed by atoms with van der Waals surface area (Å²) in [5, 5.41) is 27.4. The fourth-order valence-electron chi connectivity index (χ4n) is 0.140. The molecular formula is C3H9O8P. The highest BCUT2D eigenvalue weighted by Gasteiger charge is 2.35. The highest BCUT2D eigenvalue weighted by Crippen LogP contribution is 2.52. The molecule has 1 fully saturated rings. The predicted octanol–water partition coefficient (Wildman–Crippen LogP) is -1.69. The van der Waals surface area contributed by atoms with Gasteiger partial charge in [0.25, 0.3) is 0 Å². The van der Waals surface area contributed by atoms with E-state index in [1.807, 2.05) is 0 Å². The van der Waals surface area contributed by atoms with Crippen molar-refractivity contribution in [2.24, 2.45) is 0 Å². The summed E-state index contributed by atoms with van der Waals surface area (Å²) in [6.07, 6.45) is -0.954. The van der Waals surface area contributed by atoms with Crippen molar-refractivity contribution in [3.63, 3.8) is 0 Å². The lowest BCUT2D eigenvalue weighted by molar-refractivity contribution is -0.498. The Balaban J connectivity index is 0.000000202. The minimum atomic E-state index is -3.69. The van der Waals surface area contributed by atoms with Crippen molar-refractivity contribution in [1.29, 1.82) is 0 Å². The standard InChI is InChI=1S/C3H8O3.HO5P/c4-1-3(6)2-5;1-6(2)4-3-5-6/h3-6H,1-2H2;(H,1,2). The van der Waals surface area contributed by atoms with Crippen molar-refractivity contribution >= 4 is 7.82 Å². The zero-order valence-electron chi connectivity index (χ0n) is 5.86. The molecule has 0 spiro atoms. The number of aliphatic hydroxyl groups excluding tert-OH is 3. The van der Waals surface area contributed by atoms with E-state index in [1.54, 1.807) is 0 Å². The molecule has 0 radical (unpaired) electrons. The summed E-state index contributed by atoms with van der Waals surface area (Å²) in [4.78, 5) is 7.90. The molecule has 9 heteroatoms. The van der Waals surface area contributed by atoms with Crippen LogP contribution in [0.2, 0.25) is 0 Å². The van der Waals surface area contributed by atoms with Gasteiger partial charge in [0.2, 0.25) is 0 Å². The van der Waals surface area contributed by atoms with E-state index in [2.05, 4.69) is 14.4 Å². The van der Waals surface area contributed by atoms with Crippen LogP contribution in [0.1, 0.15) is 0 Å². The summed E-state index contributed by atoms with van der Waals surface area (Å²) in [6, 6.07) is 0. The number of hydrogen-bond acceptors (Lipinski definition) is 7. The van der Waals surface area contributed by atoms with E-state index in [1.165, 1.54) is 0 Å². The third-order valence-electron chi connectivity index (χ3n) is 0.671. The van der Waals surface area contributed by atoms with E-state index in [0.717, 1.165) is 0 Å². The first-order valence-corrected chi connectivity index (χ1v) is 4.28. The molecule has 0 bridgehead atoms. The predicted molar refractivity (Wildman–Crippen MR) is 33.3 cm³/mol. The van der Waals surface area contributed by atoms with Crippen LogP contribution in [0.3, 0.4) is 0 Å². The topological polar surface area (TPSA) is 126 Å². The van der Waals surface area contributed by atoms with E-state index in [4.69, 9.17) is 20.2 Å². The van der Waals surface area contributed by atoms with Gasteiger partial charge in [-0.25, -0.2) is 4.57 Å². The lowest BCUT2D eigenvalue weighted by Crippen LogP contribution is -2.15. The van der Waals surface area contributed by atoms with Crippen LogP contribution in [0, 0.1) is 0 Å². The Morgan fingerprint density at radius 2 is 1.58 bits per heavy atom. The molecule has 0 aromatic rings. The molecule has 1 saturated heterocycles. The van der Waals surface area contributed by atoms with Gasteiger partial charge in [-0.1, -0.05) is 9.35 Å². The molecule has 0 unspecified atom stereocenters. The molecular weight excluding hydrogens is 195 g/mol. The van der Waals surface area contributed by atoms with Gasteiger partial charge in [-0.15, -0.1) is 0 Å². The first kappa shape index (κ1) is 11.9. The molecule has 0 aliphatic carbocycles. The van der Waals surface area contributed by atoms with Crippen molar-refractivity contribution in [2.75, 3.05) is 13.2 Å². The molecule has 1 rings (SSSR count). The Morgan fingerprint density at radius 1 is 1.25 bits per heavy atom. The minimum Gasteiger partial charge on any atom is -0.394 e. The highest BCUT2D eigenvalue weighted by molar-refractivity contribution is 7.47. The quantitative estimate of drug-likeness (QED) is 0.310. The highest BCUT2D eigenvalue weighted by atomic mass is 31.2. The van der Waals surface area contributed by atoms with Gasteiger partial charge in [0.05, 0.1) is 13.2 Å². The maximum absolute atomic E-state index is 9.66. The second kappa shape index (κ2) is 5.57. The molecule has 8 nitrogen and oxygen atoms in total. The van der Waals surface area contributed by atoms with Crippen LogP contribution in [0.5, 0.6) is 0 Å². The third kappa shape index (κ3) is 5.58. The fourth-order valence-corrected chi connectivity index (χ4v) is 0.305. The average molecular weight is 204 g/mol. The first-order chi connectivity index (χ1) is 5.52. The van der Waals surface area contributed by atoms with Crippen LogP contribution < -0.4 is 0 Å². The van der Waals surface area contributed by atoms with Crippen molar-refractivity contribution in [3.05, 3.63) is 0 Å². The normalized spacial score (nSPS) is 19.4. The van der Waals surface area contributed by atoms with Gasteiger partial charge < -0.3 is 15.3 Å².